The van der Waals surface area contributed by atoms with Gasteiger partial charge in [-0.2, -0.15) is 0 Å². The van der Waals surface area contributed by atoms with E-state index >= 15 is 0 Å². The molecule has 0 radical (unpaired) electrons. The highest BCUT2D eigenvalue weighted by Crippen LogP contribution is 2.31. The normalized spacial score (nSPS) is 17.8. The molecule has 1 aromatic rings. The number of rotatable bonds is 4. The highest BCUT2D eigenvalue weighted by Gasteiger charge is 2.27. The molecule has 1 aliphatic heterocycles. The molecule has 2 rings (SSSR count). The summed E-state index contributed by atoms with van der Waals surface area (Å²) >= 11 is 5.85. The Kier molecular flexibility index (Phi) is 4.85. The molecule has 0 aliphatic carbocycles. The molecule has 1 saturated heterocycles. The minimum Gasteiger partial charge on any atom is -0.398 e. The van der Waals surface area contributed by atoms with E-state index in [4.69, 9.17) is 22.7 Å². The molecule has 0 aromatic heterocycles. The predicted octanol–water partition coefficient (Wildman–Crippen LogP) is 3.08. The lowest BCUT2D eigenvalue weighted by atomic mass is 10.1. The maximum atomic E-state index is 13.4. The van der Waals surface area contributed by atoms with Crippen molar-refractivity contribution in [1.82, 2.24) is 10.2 Å². The fourth-order valence-electron chi connectivity index (χ4n) is 2.58. The first-order chi connectivity index (χ1) is 9.95. The quantitative estimate of drug-likeness (QED) is 0.455. The average Bonchev–Trinajstić information content (AvgIpc) is 2.96. The number of anilines is 1. The summed E-state index contributed by atoms with van der Waals surface area (Å²) in [5.41, 5.74) is 7.34. The van der Waals surface area contributed by atoms with Crippen LogP contribution in [-0.2, 0) is 0 Å². The summed E-state index contributed by atoms with van der Waals surface area (Å²) in [4.78, 5) is 1.87. The van der Waals surface area contributed by atoms with Crippen molar-refractivity contribution in [2.24, 2.45) is 0 Å². The molecule has 1 atom stereocenters. The van der Waals surface area contributed by atoms with Crippen LogP contribution in [0.3, 0.4) is 0 Å². The van der Waals surface area contributed by atoms with E-state index in [1.807, 2.05) is 11.8 Å². The molecule has 114 valence electrons. The van der Waals surface area contributed by atoms with E-state index in [1.165, 1.54) is 12.1 Å². The van der Waals surface area contributed by atoms with E-state index in [2.05, 4.69) is 11.9 Å². The van der Waals surface area contributed by atoms with Gasteiger partial charge in [0.25, 0.3) is 0 Å². The van der Waals surface area contributed by atoms with Gasteiger partial charge < -0.3 is 16.0 Å². The van der Waals surface area contributed by atoms with Crippen LogP contribution < -0.4 is 11.1 Å². The molecule has 0 bridgehead atoms. The van der Waals surface area contributed by atoms with Gasteiger partial charge in [0, 0.05) is 36.0 Å². The fraction of sp³-hybridized carbons (Fsp3) is 0.400. The average molecular weight is 311 g/mol. The van der Waals surface area contributed by atoms with Crippen LogP contribution >= 0.6 is 11.6 Å². The summed E-state index contributed by atoms with van der Waals surface area (Å²) in [6, 6.07) is 2.84. The Balaban J connectivity index is 2.38. The van der Waals surface area contributed by atoms with Gasteiger partial charge in [-0.1, -0.05) is 25.1 Å². The number of nitrogen functional groups attached to an aromatic ring is 1. The van der Waals surface area contributed by atoms with Gasteiger partial charge in [-0.25, -0.2) is 4.39 Å². The summed E-state index contributed by atoms with van der Waals surface area (Å²) in [5.74, 6) is -0.0843. The van der Waals surface area contributed by atoms with Gasteiger partial charge in [0.15, 0.2) is 0 Å². The second-order valence-corrected chi connectivity index (χ2v) is 5.52. The van der Waals surface area contributed by atoms with Gasteiger partial charge in [0.05, 0.1) is 5.02 Å². The van der Waals surface area contributed by atoms with Gasteiger partial charge in [-0.05, 0) is 25.1 Å². The second kappa shape index (κ2) is 6.45. The van der Waals surface area contributed by atoms with Crippen LogP contribution in [0.15, 0.2) is 18.7 Å². The highest BCUT2D eigenvalue weighted by molar-refractivity contribution is 6.31. The lowest BCUT2D eigenvalue weighted by Crippen LogP contribution is -2.39. The van der Waals surface area contributed by atoms with Gasteiger partial charge in [0.1, 0.15) is 11.7 Å². The van der Waals surface area contributed by atoms with Crippen molar-refractivity contribution in [2.75, 3.05) is 18.8 Å². The fourth-order valence-corrected chi connectivity index (χ4v) is 2.74. The molecule has 21 heavy (non-hydrogen) atoms. The van der Waals surface area contributed by atoms with Crippen LogP contribution in [0.2, 0.25) is 5.02 Å². The molecule has 1 aromatic carbocycles. The smallest absolute Gasteiger partial charge is 0.143 e. The number of halogens is 2. The minimum absolute atomic E-state index is 0.00729. The number of hydrogen-bond acceptors (Lipinski definition) is 3. The van der Waals surface area contributed by atoms with Gasteiger partial charge in [-0.3, -0.25) is 5.41 Å². The third-order valence-corrected chi connectivity index (χ3v) is 4.01. The van der Waals surface area contributed by atoms with Crippen molar-refractivity contribution in [3.8, 4) is 0 Å². The number of amidine groups is 1. The maximum Gasteiger partial charge on any atom is 0.143 e. The SMILES string of the molecule is C=C(c1cc(Cl)c(F)cc1N)N(C(=N)CC)[C@H]1CCNC1. The molecule has 4 nitrogen and oxygen atoms in total. The zero-order valence-electron chi connectivity index (χ0n) is 12.0. The van der Waals surface area contributed by atoms with Crippen molar-refractivity contribution < 1.29 is 4.39 Å². The van der Waals surface area contributed by atoms with Crippen LogP contribution in [0.1, 0.15) is 25.3 Å². The molecule has 6 heteroatoms. The van der Waals surface area contributed by atoms with E-state index in [1.54, 1.807) is 0 Å². The zero-order valence-corrected chi connectivity index (χ0v) is 12.8. The van der Waals surface area contributed by atoms with Gasteiger partial charge in [-0.15, -0.1) is 0 Å². The lowest BCUT2D eigenvalue weighted by molar-refractivity contribution is 0.436. The van der Waals surface area contributed by atoms with Crippen LogP contribution in [-0.4, -0.2) is 29.9 Å². The molecule has 4 N–H and O–H groups in total. The molecular weight excluding hydrogens is 291 g/mol. The Morgan fingerprint density at radius 3 is 2.90 bits per heavy atom. The Labute approximate surface area is 129 Å². The summed E-state index contributed by atoms with van der Waals surface area (Å²) < 4.78 is 13.4. The van der Waals surface area contributed by atoms with Crippen LogP contribution in [0, 0.1) is 11.2 Å². The Hall–Kier alpha value is -1.59. The van der Waals surface area contributed by atoms with E-state index in [-0.39, 0.29) is 16.8 Å². The largest absolute Gasteiger partial charge is 0.398 e. The number of nitrogens with one attached hydrogen (secondary N) is 2. The molecule has 0 spiro atoms. The standard InChI is InChI=1S/C15H20ClFN4/c1-3-15(19)21(10-4-5-20-8-10)9(2)11-6-12(16)13(17)7-14(11)18/h6-7,10,19-20H,2-5,8,18H2,1H3/t10-/m0/s1. The monoisotopic (exact) mass is 310 g/mol. The van der Waals surface area contributed by atoms with Crippen molar-refractivity contribution in [3.05, 3.63) is 35.1 Å². The second-order valence-electron chi connectivity index (χ2n) is 5.12. The number of hydrogen-bond donors (Lipinski definition) is 3. The summed E-state index contributed by atoms with van der Waals surface area (Å²) in [7, 11) is 0. The Bertz CT molecular complexity index is 567. The molecule has 1 heterocycles. The molecule has 1 aliphatic rings. The molecule has 1 fully saturated rings. The first-order valence-corrected chi connectivity index (χ1v) is 7.34. The third-order valence-electron chi connectivity index (χ3n) is 3.72. The predicted molar refractivity (Wildman–Crippen MR) is 86.0 cm³/mol. The molecule has 0 saturated carbocycles. The minimum atomic E-state index is -0.551. The number of nitrogens with zero attached hydrogens (tertiary/aromatic N) is 1. The molecule has 0 unspecified atom stereocenters. The maximum absolute atomic E-state index is 13.4. The Morgan fingerprint density at radius 1 is 1.62 bits per heavy atom. The van der Waals surface area contributed by atoms with Crippen molar-refractivity contribution in [3.63, 3.8) is 0 Å². The first-order valence-electron chi connectivity index (χ1n) is 6.96. The van der Waals surface area contributed by atoms with Crippen molar-refractivity contribution in [2.45, 2.75) is 25.8 Å². The molecular formula is C15H20ClFN4. The van der Waals surface area contributed by atoms with Gasteiger partial charge >= 0.3 is 0 Å². The first kappa shape index (κ1) is 15.8. The summed E-state index contributed by atoms with van der Waals surface area (Å²) in [6.45, 7) is 7.69. The van der Waals surface area contributed by atoms with E-state index in [0.29, 0.717) is 23.5 Å². The van der Waals surface area contributed by atoms with E-state index in [9.17, 15) is 4.39 Å². The zero-order chi connectivity index (χ0) is 15.6. The Morgan fingerprint density at radius 2 is 2.33 bits per heavy atom. The van der Waals surface area contributed by atoms with Crippen LogP contribution in [0.25, 0.3) is 5.70 Å². The van der Waals surface area contributed by atoms with E-state index < -0.39 is 5.82 Å². The summed E-state index contributed by atoms with van der Waals surface area (Å²) in [6.07, 6.45) is 1.51. The van der Waals surface area contributed by atoms with Crippen molar-refractivity contribution >= 4 is 28.8 Å². The molecule has 0 amide bonds. The number of nitrogens with two attached hydrogens (primary N) is 1. The lowest BCUT2D eigenvalue weighted by Gasteiger charge is -2.33. The highest BCUT2D eigenvalue weighted by atomic mass is 35.5. The third kappa shape index (κ3) is 3.19. The van der Waals surface area contributed by atoms with Crippen LogP contribution in [0.5, 0.6) is 0 Å². The van der Waals surface area contributed by atoms with Crippen LogP contribution in [0.4, 0.5) is 10.1 Å². The number of benzene rings is 1. The van der Waals surface area contributed by atoms with E-state index in [0.717, 1.165) is 19.5 Å². The topological polar surface area (TPSA) is 65.1 Å². The van der Waals surface area contributed by atoms with Crippen molar-refractivity contribution in [1.29, 1.82) is 5.41 Å². The summed E-state index contributed by atoms with van der Waals surface area (Å²) in [5, 5.41) is 11.5. The van der Waals surface area contributed by atoms with Gasteiger partial charge in [0.2, 0.25) is 0 Å².